The van der Waals surface area contributed by atoms with Crippen LogP contribution in [0.15, 0.2) is 12.1 Å². The summed E-state index contributed by atoms with van der Waals surface area (Å²) in [5.74, 6) is -0.962. The Labute approximate surface area is 102 Å². The van der Waals surface area contributed by atoms with Crippen molar-refractivity contribution in [1.82, 2.24) is 0 Å². The predicted octanol–water partition coefficient (Wildman–Crippen LogP) is 3.11. The van der Waals surface area contributed by atoms with Gasteiger partial charge in [0.15, 0.2) is 0 Å². The van der Waals surface area contributed by atoms with Gasteiger partial charge in [-0.05, 0) is 19.1 Å². The molecule has 0 aliphatic heterocycles. The van der Waals surface area contributed by atoms with Gasteiger partial charge >= 0.3 is 5.97 Å². The number of benzene rings is 1. The van der Waals surface area contributed by atoms with Crippen LogP contribution in [-0.2, 0) is 9.53 Å². The SMILES string of the molecule is CCOC(=O)CNc1c(Cl)cc(F)cc1Cl. The molecule has 88 valence electrons. The lowest BCUT2D eigenvalue weighted by atomic mass is 10.3. The van der Waals surface area contributed by atoms with Gasteiger partial charge in [-0.15, -0.1) is 0 Å². The lowest BCUT2D eigenvalue weighted by molar-refractivity contribution is -0.140. The molecule has 0 saturated heterocycles. The summed E-state index contributed by atoms with van der Waals surface area (Å²) in [7, 11) is 0. The van der Waals surface area contributed by atoms with Gasteiger partial charge in [-0.3, -0.25) is 4.79 Å². The number of rotatable bonds is 4. The molecule has 0 saturated carbocycles. The molecule has 0 unspecified atom stereocenters. The quantitative estimate of drug-likeness (QED) is 0.851. The third kappa shape index (κ3) is 3.54. The van der Waals surface area contributed by atoms with Crippen molar-refractivity contribution in [3.05, 3.63) is 28.0 Å². The second-order valence-corrected chi connectivity index (χ2v) is 3.72. The number of halogens is 3. The van der Waals surface area contributed by atoms with Crippen molar-refractivity contribution in [1.29, 1.82) is 0 Å². The number of carbonyl (C=O) groups excluding carboxylic acids is 1. The largest absolute Gasteiger partial charge is 0.465 e. The fraction of sp³-hybridized carbons (Fsp3) is 0.300. The molecule has 0 bridgehead atoms. The molecule has 1 rings (SSSR count). The first kappa shape index (κ1) is 13.1. The zero-order chi connectivity index (χ0) is 12.1. The van der Waals surface area contributed by atoms with Crippen LogP contribution in [0.3, 0.4) is 0 Å². The first-order chi connectivity index (χ1) is 7.54. The molecule has 0 heterocycles. The Hall–Kier alpha value is -1.00. The van der Waals surface area contributed by atoms with E-state index in [-0.39, 0.29) is 16.6 Å². The Kier molecular flexibility index (Phi) is 4.83. The molecule has 0 aromatic heterocycles. The zero-order valence-corrected chi connectivity index (χ0v) is 10.0. The van der Waals surface area contributed by atoms with Crippen molar-refractivity contribution >= 4 is 34.9 Å². The van der Waals surface area contributed by atoms with E-state index in [1.807, 2.05) is 0 Å². The topological polar surface area (TPSA) is 38.3 Å². The Morgan fingerprint density at radius 3 is 2.50 bits per heavy atom. The standard InChI is InChI=1S/C10H10Cl2FNO2/c1-2-16-9(15)5-14-10-7(11)3-6(13)4-8(10)12/h3-4,14H,2,5H2,1H3. The minimum atomic E-state index is -0.531. The van der Waals surface area contributed by atoms with Crippen LogP contribution in [0.1, 0.15) is 6.92 Å². The minimum Gasteiger partial charge on any atom is -0.465 e. The van der Waals surface area contributed by atoms with Crippen LogP contribution < -0.4 is 5.32 Å². The van der Waals surface area contributed by atoms with Crippen molar-refractivity contribution < 1.29 is 13.9 Å². The van der Waals surface area contributed by atoms with Crippen LogP contribution >= 0.6 is 23.2 Å². The summed E-state index contributed by atoms with van der Waals surface area (Å²) in [5.41, 5.74) is 0.317. The summed E-state index contributed by atoms with van der Waals surface area (Å²) in [6, 6.07) is 2.22. The van der Waals surface area contributed by atoms with Crippen molar-refractivity contribution in [2.24, 2.45) is 0 Å². The Morgan fingerprint density at radius 1 is 1.44 bits per heavy atom. The Bertz CT molecular complexity index is 375. The first-order valence-corrected chi connectivity index (χ1v) is 5.34. The van der Waals surface area contributed by atoms with Crippen LogP contribution in [0.25, 0.3) is 0 Å². The molecule has 3 nitrogen and oxygen atoms in total. The van der Waals surface area contributed by atoms with Gasteiger partial charge in [-0.1, -0.05) is 23.2 Å². The van der Waals surface area contributed by atoms with Crippen LogP contribution in [0.4, 0.5) is 10.1 Å². The van der Waals surface area contributed by atoms with Crippen molar-refractivity contribution in [3.63, 3.8) is 0 Å². The second kappa shape index (κ2) is 5.92. The average Bonchev–Trinajstić information content (AvgIpc) is 2.16. The van der Waals surface area contributed by atoms with E-state index in [0.29, 0.717) is 12.3 Å². The summed E-state index contributed by atoms with van der Waals surface area (Å²) in [5, 5.41) is 2.93. The van der Waals surface area contributed by atoms with E-state index in [2.05, 4.69) is 5.32 Å². The molecular weight excluding hydrogens is 256 g/mol. The molecule has 0 fully saturated rings. The highest BCUT2D eigenvalue weighted by Gasteiger charge is 2.10. The molecule has 16 heavy (non-hydrogen) atoms. The third-order valence-electron chi connectivity index (χ3n) is 1.72. The van der Waals surface area contributed by atoms with Gasteiger partial charge in [0.05, 0.1) is 22.3 Å². The summed E-state index contributed by atoms with van der Waals surface area (Å²) in [6.45, 7) is 1.93. The number of anilines is 1. The first-order valence-electron chi connectivity index (χ1n) is 4.58. The maximum Gasteiger partial charge on any atom is 0.325 e. The fourth-order valence-corrected chi connectivity index (χ4v) is 1.68. The van der Waals surface area contributed by atoms with Gasteiger partial charge in [-0.25, -0.2) is 4.39 Å². The van der Waals surface area contributed by atoms with E-state index < -0.39 is 11.8 Å². The van der Waals surface area contributed by atoms with E-state index in [1.54, 1.807) is 6.92 Å². The molecule has 0 aliphatic carbocycles. The molecule has 0 amide bonds. The third-order valence-corrected chi connectivity index (χ3v) is 2.32. The van der Waals surface area contributed by atoms with Gasteiger partial charge in [0, 0.05) is 0 Å². The number of ether oxygens (including phenoxy) is 1. The molecule has 1 N–H and O–H groups in total. The molecule has 0 spiro atoms. The molecular formula is C10H10Cl2FNO2. The predicted molar refractivity (Wildman–Crippen MR) is 61.5 cm³/mol. The molecule has 0 aliphatic rings. The number of carbonyl (C=O) groups is 1. The normalized spacial score (nSPS) is 10.0. The van der Waals surface area contributed by atoms with Gasteiger partial charge in [0.2, 0.25) is 0 Å². The molecule has 0 atom stereocenters. The van der Waals surface area contributed by atoms with Crippen LogP contribution in [0.2, 0.25) is 10.0 Å². The van der Waals surface area contributed by atoms with Crippen LogP contribution in [-0.4, -0.2) is 19.1 Å². The molecule has 1 aromatic carbocycles. The van der Waals surface area contributed by atoms with E-state index in [1.165, 1.54) is 0 Å². The monoisotopic (exact) mass is 265 g/mol. The lowest BCUT2D eigenvalue weighted by Gasteiger charge is -2.09. The Balaban J connectivity index is 2.70. The number of esters is 1. The number of hydrogen-bond acceptors (Lipinski definition) is 3. The summed E-state index contributed by atoms with van der Waals surface area (Å²) in [4.78, 5) is 11.1. The van der Waals surface area contributed by atoms with Gasteiger partial charge < -0.3 is 10.1 Å². The highest BCUT2D eigenvalue weighted by Crippen LogP contribution is 2.31. The minimum absolute atomic E-state index is 0.0705. The molecule has 0 radical (unpaired) electrons. The molecule has 6 heteroatoms. The second-order valence-electron chi connectivity index (χ2n) is 2.90. The van der Waals surface area contributed by atoms with Gasteiger partial charge in [0.1, 0.15) is 12.4 Å². The highest BCUT2D eigenvalue weighted by molar-refractivity contribution is 6.39. The summed E-state index contributed by atoms with van der Waals surface area (Å²) < 4.78 is 17.5. The number of nitrogens with one attached hydrogen (secondary N) is 1. The average molecular weight is 266 g/mol. The maximum absolute atomic E-state index is 12.8. The van der Waals surface area contributed by atoms with Gasteiger partial charge in [0.25, 0.3) is 0 Å². The van der Waals surface area contributed by atoms with Crippen molar-refractivity contribution in [2.45, 2.75) is 6.92 Å². The highest BCUT2D eigenvalue weighted by atomic mass is 35.5. The number of hydrogen-bond donors (Lipinski definition) is 1. The van der Waals surface area contributed by atoms with Crippen LogP contribution in [0, 0.1) is 5.82 Å². The summed E-state index contributed by atoms with van der Waals surface area (Å²) >= 11 is 11.5. The smallest absolute Gasteiger partial charge is 0.325 e. The van der Waals surface area contributed by atoms with E-state index in [9.17, 15) is 9.18 Å². The molecule has 1 aromatic rings. The van der Waals surface area contributed by atoms with Crippen molar-refractivity contribution in [3.8, 4) is 0 Å². The van der Waals surface area contributed by atoms with Crippen molar-refractivity contribution in [2.75, 3.05) is 18.5 Å². The van der Waals surface area contributed by atoms with Crippen LogP contribution in [0.5, 0.6) is 0 Å². The van der Waals surface area contributed by atoms with E-state index in [4.69, 9.17) is 27.9 Å². The van der Waals surface area contributed by atoms with E-state index >= 15 is 0 Å². The van der Waals surface area contributed by atoms with E-state index in [0.717, 1.165) is 12.1 Å². The lowest BCUT2D eigenvalue weighted by Crippen LogP contribution is -2.17. The maximum atomic E-state index is 12.8. The Morgan fingerprint density at radius 2 is 2.00 bits per heavy atom. The fourth-order valence-electron chi connectivity index (χ4n) is 1.08. The summed E-state index contributed by atoms with van der Waals surface area (Å²) in [6.07, 6.45) is 0. The zero-order valence-electron chi connectivity index (χ0n) is 8.52. The van der Waals surface area contributed by atoms with Gasteiger partial charge in [-0.2, -0.15) is 0 Å².